The predicted octanol–water partition coefficient (Wildman–Crippen LogP) is 2.15. The van der Waals surface area contributed by atoms with Gasteiger partial charge in [0.25, 0.3) is 0 Å². The number of oxazole rings is 1. The van der Waals surface area contributed by atoms with Crippen molar-refractivity contribution in [3.63, 3.8) is 0 Å². The fraction of sp³-hybridized carbons (Fsp3) is 0.611. The Bertz CT molecular complexity index is 593. The molecule has 1 aliphatic rings. The van der Waals surface area contributed by atoms with Gasteiger partial charge in [0.05, 0.1) is 6.10 Å². The van der Waals surface area contributed by atoms with E-state index >= 15 is 0 Å². The lowest BCUT2D eigenvalue weighted by Gasteiger charge is -2.40. The molecule has 5 nitrogen and oxygen atoms in total. The van der Waals surface area contributed by atoms with Crippen molar-refractivity contribution in [2.24, 2.45) is 0 Å². The van der Waals surface area contributed by atoms with Crippen LogP contribution < -0.4 is 0 Å². The molecular formula is C18H27N3O2. The van der Waals surface area contributed by atoms with Gasteiger partial charge in [-0.05, 0) is 38.9 Å². The van der Waals surface area contributed by atoms with E-state index in [0.717, 1.165) is 62.6 Å². The van der Waals surface area contributed by atoms with Crippen LogP contribution in [0.1, 0.15) is 26.2 Å². The summed E-state index contributed by atoms with van der Waals surface area (Å²) in [6.45, 7) is 9.14. The second-order valence-corrected chi connectivity index (χ2v) is 6.67. The van der Waals surface area contributed by atoms with Crippen LogP contribution in [0.2, 0.25) is 0 Å². The lowest BCUT2D eigenvalue weighted by molar-refractivity contribution is 0.0447. The highest BCUT2D eigenvalue weighted by molar-refractivity contribution is 5.72. The molecule has 2 unspecified atom stereocenters. The Morgan fingerprint density at radius 3 is 2.91 bits per heavy atom. The summed E-state index contributed by atoms with van der Waals surface area (Å²) < 4.78 is 5.77. The van der Waals surface area contributed by atoms with Gasteiger partial charge in [0, 0.05) is 38.6 Å². The van der Waals surface area contributed by atoms with Crippen LogP contribution >= 0.6 is 0 Å². The third-order valence-electron chi connectivity index (χ3n) is 4.55. The summed E-state index contributed by atoms with van der Waals surface area (Å²) >= 11 is 0. The Balaban J connectivity index is 1.44. The number of aromatic nitrogens is 1. The SMILES string of the molecule is CC(O)CN1CCN(CCCc2nc3ccccc3o2)CC1C. The third kappa shape index (κ3) is 4.31. The monoisotopic (exact) mass is 317 g/mol. The zero-order chi connectivity index (χ0) is 16.2. The molecule has 1 N–H and O–H groups in total. The van der Waals surface area contributed by atoms with E-state index in [-0.39, 0.29) is 6.10 Å². The van der Waals surface area contributed by atoms with Crippen LogP contribution in [0, 0.1) is 0 Å². The summed E-state index contributed by atoms with van der Waals surface area (Å²) in [5.41, 5.74) is 1.82. The minimum Gasteiger partial charge on any atom is -0.441 e. The molecule has 5 heteroatoms. The maximum absolute atomic E-state index is 9.54. The topological polar surface area (TPSA) is 52.7 Å². The predicted molar refractivity (Wildman–Crippen MR) is 91.5 cm³/mol. The summed E-state index contributed by atoms with van der Waals surface area (Å²) in [6, 6.07) is 8.43. The quantitative estimate of drug-likeness (QED) is 0.885. The fourth-order valence-corrected chi connectivity index (χ4v) is 3.37. The molecule has 1 aliphatic heterocycles. The average molecular weight is 317 g/mol. The molecular weight excluding hydrogens is 290 g/mol. The van der Waals surface area contributed by atoms with Gasteiger partial charge in [0.1, 0.15) is 5.52 Å². The maximum atomic E-state index is 9.54. The van der Waals surface area contributed by atoms with Crippen molar-refractivity contribution in [2.45, 2.75) is 38.8 Å². The summed E-state index contributed by atoms with van der Waals surface area (Å²) in [6.07, 6.45) is 1.70. The molecule has 1 fully saturated rings. The van der Waals surface area contributed by atoms with Crippen molar-refractivity contribution >= 4 is 11.1 Å². The first-order chi connectivity index (χ1) is 11.1. The second-order valence-electron chi connectivity index (χ2n) is 6.67. The van der Waals surface area contributed by atoms with Gasteiger partial charge in [0.15, 0.2) is 11.5 Å². The van der Waals surface area contributed by atoms with Crippen LogP contribution in [0.25, 0.3) is 11.1 Å². The van der Waals surface area contributed by atoms with Crippen LogP contribution in [0.15, 0.2) is 28.7 Å². The summed E-state index contributed by atoms with van der Waals surface area (Å²) in [7, 11) is 0. The molecule has 0 saturated carbocycles. The van der Waals surface area contributed by atoms with E-state index in [9.17, 15) is 5.11 Å². The maximum Gasteiger partial charge on any atom is 0.195 e. The number of aliphatic hydroxyl groups excluding tert-OH is 1. The molecule has 1 aromatic heterocycles. The van der Waals surface area contributed by atoms with Crippen LogP contribution in [0.5, 0.6) is 0 Å². The lowest BCUT2D eigenvalue weighted by Crippen LogP contribution is -2.53. The number of aryl methyl sites for hydroxylation is 1. The zero-order valence-corrected chi connectivity index (χ0v) is 14.1. The number of β-amino-alcohol motifs (C(OH)–C–C–N with tert-alkyl or cyclic N) is 1. The van der Waals surface area contributed by atoms with Crippen molar-refractivity contribution in [1.82, 2.24) is 14.8 Å². The number of para-hydroxylation sites is 2. The molecule has 0 spiro atoms. The third-order valence-corrected chi connectivity index (χ3v) is 4.55. The van der Waals surface area contributed by atoms with E-state index in [1.807, 2.05) is 31.2 Å². The number of rotatable bonds is 6. The van der Waals surface area contributed by atoms with Gasteiger partial charge in [-0.1, -0.05) is 12.1 Å². The van der Waals surface area contributed by atoms with E-state index in [1.165, 1.54) is 0 Å². The minimum atomic E-state index is -0.247. The molecule has 2 heterocycles. The molecule has 2 atom stereocenters. The average Bonchev–Trinajstić information content (AvgIpc) is 2.92. The first-order valence-corrected chi connectivity index (χ1v) is 8.61. The van der Waals surface area contributed by atoms with Gasteiger partial charge in [-0.2, -0.15) is 0 Å². The second kappa shape index (κ2) is 7.43. The summed E-state index contributed by atoms with van der Waals surface area (Å²) in [5, 5.41) is 9.54. The van der Waals surface area contributed by atoms with Crippen molar-refractivity contribution in [3.8, 4) is 0 Å². The van der Waals surface area contributed by atoms with Crippen molar-refractivity contribution < 1.29 is 9.52 Å². The number of benzene rings is 1. The van der Waals surface area contributed by atoms with Crippen LogP contribution in [-0.2, 0) is 6.42 Å². The lowest BCUT2D eigenvalue weighted by atomic mass is 10.1. The Kier molecular flexibility index (Phi) is 5.30. The number of hydrogen-bond acceptors (Lipinski definition) is 5. The van der Waals surface area contributed by atoms with Crippen LogP contribution in [0.4, 0.5) is 0 Å². The smallest absolute Gasteiger partial charge is 0.195 e. The highest BCUT2D eigenvalue weighted by Crippen LogP contribution is 2.16. The van der Waals surface area contributed by atoms with E-state index in [2.05, 4.69) is 21.7 Å². The van der Waals surface area contributed by atoms with Crippen molar-refractivity contribution in [2.75, 3.05) is 32.7 Å². The molecule has 126 valence electrons. The highest BCUT2D eigenvalue weighted by atomic mass is 16.3. The van der Waals surface area contributed by atoms with E-state index < -0.39 is 0 Å². The normalized spacial score (nSPS) is 21.8. The van der Waals surface area contributed by atoms with E-state index in [4.69, 9.17) is 4.42 Å². The summed E-state index contributed by atoms with van der Waals surface area (Å²) in [4.78, 5) is 9.42. The molecule has 3 rings (SSSR count). The first-order valence-electron chi connectivity index (χ1n) is 8.61. The number of fused-ring (bicyclic) bond motifs is 1. The number of hydrogen-bond donors (Lipinski definition) is 1. The largest absolute Gasteiger partial charge is 0.441 e. The summed E-state index contributed by atoms with van der Waals surface area (Å²) in [5.74, 6) is 0.840. The van der Waals surface area contributed by atoms with Gasteiger partial charge in [-0.25, -0.2) is 4.98 Å². The molecule has 0 bridgehead atoms. The Morgan fingerprint density at radius 1 is 1.35 bits per heavy atom. The van der Waals surface area contributed by atoms with Crippen LogP contribution in [-0.4, -0.2) is 64.8 Å². The Labute approximate surface area is 137 Å². The van der Waals surface area contributed by atoms with Gasteiger partial charge < -0.3 is 14.4 Å². The van der Waals surface area contributed by atoms with Gasteiger partial charge in [-0.3, -0.25) is 4.90 Å². The van der Waals surface area contributed by atoms with Crippen LogP contribution in [0.3, 0.4) is 0 Å². The minimum absolute atomic E-state index is 0.247. The number of aliphatic hydroxyl groups is 1. The van der Waals surface area contributed by atoms with Gasteiger partial charge in [-0.15, -0.1) is 0 Å². The Morgan fingerprint density at radius 2 is 2.17 bits per heavy atom. The highest BCUT2D eigenvalue weighted by Gasteiger charge is 2.24. The van der Waals surface area contributed by atoms with E-state index in [0.29, 0.717) is 6.04 Å². The molecule has 0 radical (unpaired) electrons. The molecule has 0 aliphatic carbocycles. The van der Waals surface area contributed by atoms with Gasteiger partial charge in [0.2, 0.25) is 0 Å². The molecule has 0 amide bonds. The fourth-order valence-electron chi connectivity index (χ4n) is 3.37. The number of nitrogens with zero attached hydrogens (tertiary/aromatic N) is 3. The molecule has 1 aromatic carbocycles. The first kappa shape index (κ1) is 16.4. The standard InChI is InChI=1S/C18H27N3O2/c1-14-12-20(10-11-21(14)13-15(2)22)9-5-8-18-19-16-6-3-4-7-17(16)23-18/h3-4,6-7,14-15,22H,5,8-13H2,1-2H3. The van der Waals surface area contributed by atoms with Gasteiger partial charge >= 0.3 is 0 Å². The molecule has 2 aromatic rings. The molecule has 23 heavy (non-hydrogen) atoms. The van der Waals surface area contributed by atoms with Crippen molar-refractivity contribution in [1.29, 1.82) is 0 Å². The zero-order valence-electron chi connectivity index (χ0n) is 14.1. The van der Waals surface area contributed by atoms with Crippen molar-refractivity contribution in [3.05, 3.63) is 30.2 Å². The Hall–Kier alpha value is -1.43. The van der Waals surface area contributed by atoms with E-state index in [1.54, 1.807) is 0 Å². The molecule has 1 saturated heterocycles. The number of piperazine rings is 1.